The van der Waals surface area contributed by atoms with Gasteiger partial charge in [-0.15, -0.1) is 10.2 Å². The lowest BCUT2D eigenvalue weighted by molar-refractivity contribution is -0.131. The first-order valence-corrected chi connectivity index (χ1v) is 15.6. The van der Waals surface area contributed by atoms with Gasteiger partial charge in [0.2, 0.25) is 5.13 Å². The van der Waals surface area contributed by atoms with Crippen LogP contribution in [0.1, 0.15) is 31.7 Å². The van der Waals surface area contributed by atoms with E-state index in [1.54, 1.807) is 0 Å². The minimum absolute atomic E-state index is 0.0495. The molecule has 0 unspecified atom stereocenters. The minimum atomic E-state index is -3.94. The molecule has 0 radical (unpaired) electrons. The Bertz CT molecular complexity index is 953. The van der Waals surface area contributed by atoms with E-state index in [-0.39, 0.29) is 28.4 Å². The molecule has 11 heteroatoms. The first kappa shape index (κ1) is 24.4. The standard InChI is InChI=1S/C19H29N3O5S2Si/c1-14(2)18-20-21-19(28-18)22(13-26-11-12-30(4,5)6)29(24,25)17-9-7-16(8-10-17)27-15(3)23/h7-10,14H,11-13H2,1-6H3. The lowest BCUT2D eigenvalue weighted by atomic mass is 10.2. The van der Waals surface area contributed by atoms with Crippen LogP contribution in [-0.4, -0.2) is 46.0 Å². The molecule has 166 valence electrons. The number of benzene rings is 1. The first-order valence-electron chi connectivity index (χ1n) is 9.62. The topological polar surface area (TPSA) is 98.7 Å². The molecule has 0 aliphatic rings. The Morgan fingerprint density at radius 3 is 2.30 bits per heavy atom. The van der Waals surface area contributed by atoms with Crippen molar-refractivity contribution < 1.29 is 22.7 Å². The van der Waals surface area contributed by atoms with E-state index in [1.807, 2.05) is 13.8 Å². The molecule has 1 heterocycles. The van der Waals surface area contributed by atoms with Gasteiger partial charge >= 0.3 is 5.97 Å². The molecule has 0 aliphatic carbocycles. The molecule has 8 nitrogen and oxygen atoms in total. The van der Waals surface area contributed by atoms with E-state index in [9.17, 15) is 13.2 Å². The van der Waals surface area contributed by atoms with E-state index in [0.29, 0.717) is 6.61 Å². The maximum absolute atomic E-state index is 13.3. The third-order valence-electron chi connectivity index (χ3n) is 4.02. The van der Waals surface area contributed by atoms with Gasteiger partial charge in [0.1, 0.15) is 17.5 Å². The van der Waals surface area contributed by atoms with Crippen molar-refractivity contribution in [3.63, 3.8) is 0 Å². The fourth-order valence-electron chi connectivity index (χ4n) is 2.29. The van der Waals surface area contributed by atoms with Gasteiger partial charge in [0.15, 0.2) is 0 Å². The van der Waals surface area contributed by atoms with Crippen molar-refractivity contribution in [3.05, 3.63) is 29.3 Å². The molecular formula is C19H29N3O5S2Si. The number of aromatic nitrogens is 2. The van der Waals surface area contributed by atoms with Gasteiger partial charge in [-0.3, -0.25) is 4.79 Å². The van der Waals surface area contributed by atoms with Crippen molar-refractivity contribution in [2.24, 2.45) is 0 Å². The highest BCUT2D eigenvalue weighted by Gasteiger charge is 2.29. The van der Waals surface area contributed by atoms with Gasteiger partial charge in [-0.25, -0.2) is 12.7 Å². The summed E-state index contributed by atoms with van der Waals surface area (Å²) >= 11 is 1.23. The molecule has 0 N–H and O–H groups in total. The highest BCUT2D eigenvalue weighted by atomic mass is 32.2. The van der Waals surface area contributed by atoms with E-state index >= 15 is 0 Å². The zero-order valence-electron chi connectivity index (χ0n) is 18.2. The number of sulfonamides is 1. The molecule has 0 bridgehead atoms. The number of rotatable bonds is 10. The van der Waals surface area contributed by atoms with Crippen LogP contribution in [0.5, 0.6) is 5.75 Å². The zero-order chi connectivity index (χ0) is 22.5. The molecule has 30 heavy (non-hydrogen) atoms. The van der Waals surface area contributed by atoms with Crippen LogP contribution < -0.4 is 9.04 Å². The molecular weight excluding hydrogens is 442 g/mol. The zero-order valence-corrected chi connectivity index (χ0v) is 20.8. The Hall–Kier alpha value is -1.82. The van der Waals surface area contributed by atoms with Crippen molar-refractivity contribution in [2.75, 3.05) is 17.6 Å². The Morgan fingerprint density at radius 2 is 1.80 bits per heavy atom. The second kappa shape index (κ2) is 9.99. The van der Waals surface area contributed by atoms with Crippen LogP contribution in [0.15, 0.2) is 29.2 Å². The summed E-state index contributed by atoms with van der Waals surface area (Å²) < 4.78 is 38.5. The summed E-state index contributed by atoms with van der Waals surface area (Å²) in [6, 6.07) is 6.60. The van der Waals surface area contributed by atoms with Crippen LogP contribution in [0.25, 0.3) is 0 Å². The molecule has 1 aromatic heterocycles. The maximum Gasteiger partial charge on any atom is 0.308 e. The number of esters is 1. The first-order chi connectivity index (χ1) is 13.9. The number of hydrogen-bond donors (Lipinski definition) is 0. The second-order valence-corrected chi connectivity index (χ2v) is 16.8. The molecule has 0 aliphatic heterocycles. The normalized spacial score (nSPS) is 12.2. The van der Waals surface area contributed by atoms with E-state index in [4.69, 9.17) is 9.47 Å². The Balaban J connectivity index is 2.29. The molecule has 2 aromatic rings. The fraction of sp³-hybridized carbons (Fsp3) is 0.526. The van der Waals surface area contributed by atoms with Crippen LogP contribution in [0.4, 0.5) is 5.13 Å². The number of hydrogen-bond acceptors (Lipinski definition) is 8. The van der Waals surface area contributed by atoms with Crippen molar-refractivity contribution in [1.29, 1.82) is 0 Å². The lowest BCUT2D eigenvalue weighted by Crippen LogP contribution is -2.34. The van der Waals surface area contributed by atoms with Crippen LogP contribution in [-0.2, 0) is 19.6 Å². The predicted molar refractivity (Wildman–Crippen MR) is 120 cm³/mol. The molecule has 0 saturated carbocycles. The van der Waals surface area contributed by atoms with Gasteiger partial charge < -0.3 is 9.47 Å². The van der Waals surface area contributed by atoms with Crippen LogP contribution in [0, 0.1) is 0 Å². The molecule has 1 aromatic carbocycles. The molecule has 0 atom stereocenters. The fourth-order valence-corrected chi connectivity index (χ4v) is 5.38. The average Bonchev–Trinajstić information content (AvgIpc) is 3.10. The second-order valence-electron chi connectivity index (χ2n) is 8.34. The van der Waals surface area contributed by atoms with E-state index in [0.717, 1.165) is 15.4 Å². The summed E-state index contributed by atoms with van der Waals surface area (Å²) in [7, 11) is -5.25. The number of nitrogens with zero attached hydrogens (tertiary/aromatic N) is 3. The number of carbonyl (C=O) groups excluding carboxylic acids is 1. The van der Waals surface area contributed by atoms with Crippen LogP contribution in [0.2, 0.25) is 25.7 Å². The SMILES string of the molecule is CC(=O)Oc1ccc(S(=O)(=O)N(COCC[Si](C)(C)C)c2nnc(C(C)C)s2)cc1. The van der Waals surface area contributed by atoms with Gasteiger partial charge in [-0.2, -0.15) is 0 Å². The average molecular weight is 472 g/mol. The molecule has 0 spiro atoms. The number of anilines is 1. The van der Waals surface area contributed by atoms with E-state index in [1.165, 1.54) is 42.5 Å². The minimum Gasteiger partial charge on any atom is -0.427 e. The van der Waals surface area contributed by atoms with Crippen molar-refractivity contribution in [3.8, 4) is 5.75 Å². The molecule has 2 rings (SSSR count). The Morgan fingerprint density at radius 1 is 1.17 bits per heavy atom. The number of ether oxygens (including phenoxy) is 2. The van der Waals surface area contributed by atoms with E-state index in [2.05, 4.69) is 29.8 Å². The van der Waals surface area contributed by atoms with Gasteiger partial charge in [0, 0.05) is 27.5 Å². The van der Waals surface area contributed by atoms with Crippen molar-refractivity contribution >= 4 is 40.5 Å². The smallest absolute Gasteiger partial charge is 0.308 e. The van der Waals surface area contributed by atoms with Crippen LogP contribution >= 0.6 is 11.3 Å². The van der Waals surface area contributed by atoms with Gasteiger partial charge in [0.25, 0.3) is 10.0 Å². The largest absolute Gasteiger partial charge is 0.427 e. The predicted octanol–water partition coefficient (Wildman–Crippen LogP) is 4.09. The van der Waals surface area contributed by atoms with Gasteiger partial charge in [0.05, 0.1) is 4.90 Å². The summed E-state index contributed by atoms with van der Waals surface area (Å²) in [5, 5.41) is 9.21. The monoisotopic (exact) mass is 471 g/mol. The maximum atomic E-state index is 13.3. The third kappa shape index (κ3) is 6.86. The summed E-state index contributed by atoms with van der Waals surface area (Å²) in [6.07, 6.45) is 0. The van der Waals surface area contributed by atoms with Crippen molar-refractivity contribution in [2.45, 2.75) is 57.3 Å². The summed E-state index contributed by atoms with van der Waals surface area (Å²) in [5.74, 6) is -0.0628. The lowest BCUT2D eigenvalue weighted by Gasteiger charge is -2.22. The highest BCUT2D eigenvalue weighted by molar-refractivity contribution is 7.93. The number of carbonyl (C=O) groups is 1. The van der Waals surface area contributed by atoms with Crippen LogP contribution in [0.3, 0.4) is 0 Å². The molecule has 0 saturated heterocycles. The Labute approximate surface area is 183 Å². The third-order valence-corrected chi connectivity index (χ3v) is 8.81. The van der Waals surface area contributed by atoms with Gasteiger partial charge in [-0.05, 0) is 30.3 Å². The summed E-state index contributed by atoms with van der Waals surface area (Å²) in [6.45, 7) is 12.3. The Kier molecular flexibility index (Phi) is 8.14. The van der Waals surface area contributed by atoms with E-state index < -0.39 is 24.1 Å². The van der Waals surface area contributed by atoms with Crippen molar-refractivity contribution in [1.82, 2.24) is 10.2 Å². The van der Waals surface area contributed by atoms with Gasteiger partial charge in [-0.1, -0.05) is 44.8 Å². The molecule has 0 amide bonds. The highest BCUT2D eigenvalue weighted by Crippen LogP contribution is 2.30. The molecule has 0 fully saturated rings. The summed E-state index contributed by atoms with van der Waals surface area (Å²) in [5.41, 5.74) is 0. The quantitative estimate of drug-likeness (QED) is 0.169. The summed E-state index contributed by atoms with van der Waals surface area (Å²) in [4.78, 5) is 11.1.